The standard InChI is InChI=1S/C30H40F2N4O4S.C4F6O2/c31-29(32)40-24-9-5-6-21(20-24)12-15-33-17-14-26(38)36(23-7-3-1-2-4-8-23)19-18-34-16-13-22-10-11-25(37)27-28(22)41-30(39)35-27;5-3(6,7)1(11)2(12)4(8,9)10/h5-6,9-11,20,23,29,33-34,37H,1-4,7-8,12-19H2,(H,35,39);. The zero-order valence-electron chi connectivity index (χ0n) is 28.4. The van der Waals surface area contributed by atoms with E-state index in [0.717, 1.165) is 52.8 Å². The summed E-state index contributed by atoms with van der Waals surface area (Å²) in [6.07, 6.45) is -2.98. The van der Waals surface area contributed by atoms with Gasteiger partial charge >= 0.3 is 35.4 Å². The molecular formula is C34H40F8N4O6S. The minimum Gasteiger partial charge on any atom is -0.506 e. The highest BCUT2D eigenvalue weighted by atomic mass is 32.1. The van der Waals surface area contributed by atoms with Crippen molar-refractivity contribution >= 4 is 39.0 Å². The van der Waals surface area contributed by atoms with Crippen molar-refractivity contribution in [2.45, 2.75) is 82.8 Å². The number of Topliss-reactive ketones (excluding diaryl/α,β-unsaturated/α-hetero) is 2. The molecular weight excluding hydrogens is 744 g/mol. The van der Waals surface area contributed by atoms with Gasteiger partial charge in [-0.3, -0.25) is 19.2 Å². The maximum atomic E-state index is 13.3. The number of thiazole rings is 1. The summed E-state index contributed by atoms with van der Waals surface area (Å²) in [5.74, 6) is -6.44. The number of ketones is 2. The van der Waals surface area contributed by atoms with Gasteiger partial charge in [0, 0.05) is 32.1 Å². The van der Waals surface area contributed by atoms with Crippen LogP contribution in [0.1, 0.15) is 56.1 Å². The molecule has 3 aromatic rings. The van der Waals surface area contributed by atoms with Gasteiger partial charge in [-0.2, -0.15) is 35.1 Å². The molecule has 1 amide bonds. The van der Waals surface area contributed by atoms with Crippen LogP contribution in [0, 0.1) is 0 Å². The van der Waals surface area contributed by atoms with E-state index < -0.39 is 30.5 Å². The number of nitrogens with one attached hydrogen (secondary N) is 3. The number of benzene rings is 2. The maximum absolute atomic E-state index is 13.3. The van der Waals surface area contributed by atoms with E-state index in [0.29, 0.717) is 57.5 Å². The number of phenolic OH excluding ortho intramolecular Hbond substituents is 1. The van der Waals surface area contributed by atoms with Crippen molar-refractivity contribution < 1.29 is 59.4 Å². The van der Waals surface area contributed by atoms with Crippen LogP contribution in [-0.4, -0.2) is 90.2 Å². The molecule has 4 N–H and O–H groups in total. The number of hydrogen-bond acceptors (Lipinski definition) is 9. The molecule has 2 aromatic carbocycles. The first-order valence-corrected chi connectivity index (χ1v) is 17.6. The predicted molar refractivity (Wildman–Crippen MR) is 180 cm³/mol. The summed E-state index contributed by atoms with van der Waals surface area (Å²) in [5, 5.41) is 16.8. The maximum Gasteiger partial charge on any atom is 0.458 e. The van der Waals surface area contributed by atoms with Crippen molar-refractivity contribution in [2.75, 3.05) is 32.7 Å². The molecule has 1 saturated carbocycles. The van der Waals surface area contributed by atoms with Crippen LogP contribution >= 0.6 is 11.3 Å². The summed E-state index contributed by atoms with van der Waals surface area (Å²) in [6, 6.07) is 10.4. The highest BCUT2D eigenvalue weighted by Gasteiger charge is 2.54. The Bertz CT molecular complexity index is 1680. The average molecular weight is 785 g/mol. The summed E-state index contributed by atoms with van der Waals surface area (Å²) in [4.78, 5) is 48.9. The summed E-state index contributed by atoms with van der Waals surface area (Å²) >= 11 is 1.11. The number of hydrogen-bond donors (Lipinski definition) is 4. The molecule has 1 aliphatic rings. The zero-order chi connectivity index (χ0) is 39.2. The number of carbonyl (C=O) groups is 3. The Morgan fingerprint density at radius 3 is 2.13 bits per heavy atom. The molecule has 0 spiro atoms. The SMILES string of the molecule is O=C(C(=O)C(F)(F)F)C(F)(F)F.O=C(CCNCCc1cccc(OC(F)F)c1)N(CCNCCc1ccc(O)c2[nH]c(=O)sc12)C1CCCCCC1. The molecule has 4 rings (SSSR count). The number of aromatic amines is 1. The zero-order valence-corrected chi connectivity index (χ0v) is 29.2. The fraction of sp³-hybridized carbons (Fsp3) is 0.529. The Morgan fingerprint density at radius 1 is 0.887 bits per heavy atom. The monoisotopic (exact) mass is 784 g/mol. The number of ether oxygens (including phenoxy) is 1. The minimum absolute atomic E-state index is 0.0794. The molecule has 19 heteroatoms. The van der Waals surface area contributed by atoms with Crippen molar-refractivity contribution in [2.24, 2.45) is 0 Å². The van der Waals surface area contributed by atoms with Crippen LogP contribution < -0.4 is 20.2 Å². The number of amides is 1. The predicted octanol–water partition coefficient (Wildman–Crippen LogP) is 6.05. The first-order valence-electron chi connectivity index (χ1n) is 16.8. The minimum atomic E-state index is -5.77. The normalized spacial score (nSPS) is 14.1. The Labute approximate surface area is 302 Å². The Hall–Kier alpha value is -4.10. The number of carbonyl (C=O) groups excluding carboxylic acids is 3. The van der Waals surface area contributed by atoms with Gasteiger partial charge in [0.2, 0.25) is 5.91 Å². The number of fused-ring (bicyclic) bond motifs is 1. The Balaban J connectivity index is 0.000000541. The highest BCUT2D eigenvalue weighted by Crippen LogP contribution is 2.28. The van der Waals surface area contributed by atoms with Gasteiger partial charge in [0.05, 0.1) is 4.70 Å². The van der Waals surface area contributed by atoms with Crippen molar-refractivity contribution in [3.8, 4) is 11.5 Å². The molecule has 10 nitrogen and oxygen atoms in total. The lowest BCUT2D eigenvalue weighted by atomic mass is 10.1. The van der Waals surface area contributed by atoms with Gasteiger partial charge in [0.15, 0.2) is 0 Å². The van der Waals surface area contributed by atoms with E-state index >= 15 is 0 Å². The molecule has 1 aliphatic carbocycles. The third-order valence-electron chi connectivity index (χ3n) is 8.28. The van der Waals surface area contributed by atoms with Crippen LogP contribution in [0.2, 0.25) is 0 Å². The van der Waals surface area contributed by atoms with Crippen LogP contribution in [0.4, 0.5) is 35.1 Å². The topological polar surface area (TPSA) is 141 Å². The number of halogens is 8. The van der Waals surface area contributed by atoms with Crippen LogP contribution in [0.15, 0.2) is 41.2 Å². The summed E-state index contributed by atoms with van der Waals surface area (Å²) < 4.78 is 97.1. The van der Waals surface area contributed by atoms with E-state index in [9.17, 15) is 59.4 Å². The fourth-order valence-corrected chi connectivity index (χ4v) is 6.63. The average Bonchev–Trinajstić information content (AvgIpc) is 3.29. The molecule has 0 radical (unpaired) electrons. The van der Waals surface area contributed by atoms with Gasteiger partial charge in [-0.05, 0) is 68.1 Å². The van der Waals surface area contributed by atoms with Gasteiger partial charge in [0.1, 0.15) is 17.0 Å². The number of phenols is 1. The molecule has 53 heavy (non-hydrogen) atoms. The molecule has 1 fully saturated rings. The van der Waals surface area contributed by atoms with Crippen LogP contribution in [0.3, 0.4) is 0 Å². The molecule has 0 saturated heterocycles. The number of H-pyrrole nitrogens is 1. The van der Waals surface area contributed by atoms with E-state index in [1.54, 1.807) is 18.2 Å². The number of rotatable bonds is 16. The highest BCUT2D eigenvalue weighted by molar-refractivity contribution is 7.16. The molecule has 0 aliphatic heterocycles. The van der Waals surface area contributed by atoms with E-state index in [1.807, 2.05) is 12.1 Å². The summed E-state index contributed by atoms with van der Waals surface area (Å²) in [7, 11) is 0. The van der Waals surface area contributed by atoms with Gasteiger partial charge in [-0.25, -0.2) is 0 Å². The molecule has 294 valence electrons. The van der Waals surface area contributed by atoms with Gasteiger partial charge in [0.25, 0.3) is 0 Å². The summed E-state index contributed by atoms with van der Waals surface area (Å²) in [6.45, 7) is 0.365. The van der Waals surface area contributed by atoms with Crippen molar-refractivity contribution in [1.82, 2.24) is 20.5 Å². The number of aromatic hydroxyl groups is 1. The summed E-state index contributed by atoms with van der Waals surface area (Å²) in [5.41, 5.74) is 2.39. The molecule has 1 heterocycles. The number of aromatic nitrogens is 1. The first kappa shape index (κ1) is 43.3. The lowest BCUT2D eigenvalue weighted by Gasteiger charge is -2.32. The van der Waals surface area contributed by atoms with E-state index in [1.165, 1.54) is 18.9 Å². The number of alkyl halides is 8. The lowest BCUT2D eigenvalue weighted by molar-refractivity contribution is -0.193. The second kappa shape index (κ2) is 20.4. The van der Waals surface area contributed by atoms with Crippen molar-refractivity contribution in [1.29, 1.82) is 0 Å². The van der Waals surface area contributed by atoms with E-state index in [2.05, 4.69) is 25.3 Å². The quantitative estimate of drug-likeness (QED) is 0.0596. The first-order chi connectivity index (χ1) is 25.0. The molecule has 0 atom stereocenters. The van der Waals surface area contributed by atoms with Crippen molar-refractivity contribution in [3.63, 3.8) is 0 Å². The molecule has 0 bridgehead atoms. The lowest BCUT2D eigenvalue weighted by Crippen LogP contribution is -2.45. The molecule has 1 aromatic heterocycles. The van der Waals surface area contributed by atoms with Crippen molar-refractivity contribution in [3.05, 3.63) is 57.2 Å². The van der Waals surface area contributed by atoms with Crippen LogP contribution in [0.25, 0.3) is 10.2 Å². The number of nitrogens with zero attached hydrogens (tertiary/aromatic N) is 1. The molecule has 0 unspecified atom stereocenters. The second-order valence-corrected chi connectivity index (χ2v) is 13.1. The van der Waals surface area contributed by atoms with Crippen LogP contribution in [0.5, 0.6) is 11.5 Å². The van der Waals surface area contributed by atoms with Gasteiger partial charge < -0.3 is 30.4 Å². The van der Waals surface area contributed by atoms with Gasteiger partial charge in [-0.15, -0.1) is 0 Å². The largest absolute Gasteiger partial charge is 0.506 e. The van der Waals surface area contributed by atoms with Crippen LogP contribution in [-0.2, 0) is 27.2 Å². The second-order valence-electron chi connectivity index (χ2n) is 12.1. The van der Waals surface area contributed by atoms with Gasteiger partial charge in [-0.1, -0.05) is 55.2 Å². The Morgan fingerprint density at radius 2 is 1.51 bits per heavy atom. The Kier molecular flexibility index (Phi) is 16.7. The van der Waals surface area contributed by atoms with E-state index in [4.69, 9.17) is 0 Å². The smallest absolute Gasteiger partial charge is 0.458 e. The fourth-order valence-electron chi connectivity index (χ4n) is 5.73. The third kappa shape index (κ3) is 14.3. The third-order valence-corrected chi connectivity index (χ3v) is 9.23. The van der Waals surface area contributed by atoms with E-state index in [-0.39, 0.29) is 28.3 Å².